The third-order valence-electron chi connectivity index (χ3n) is 7.81. The molecule has 0 aromatic rings. The summed E-state index contributed by atoms with van der Waals surface area (Å²) in [6, 6.07) is -2.81. The molecule has 0 aromatic heterocycles. The molecule has 16 nitrogen and oxygen atoms in total. The highest BCUT2D eigenvalue weighted by Gasteiger charge is 2.53. The summed E-state index contributed by atoms with van der Waals surface area (Å²) in [6.45, 7) is -0.399. The largest absolute Gasteiger partial charge is 0.394 e. The van der Waals surface area contributed by atoms with Gasteiger partial charge in [-0.25, -0.2) is 0 Å². The van der Waals surface area contributed by atoms with Crippen LogP contribution in [0.4, 0.5) is 0 Å². The quantitative estimate of drug-likeness (QED) is 0.104. The van der Waals surface area contributed by atoms with Gasteiger partial charge in [-0.2, -0.15) is 0 Å². The van der Waals surface area contributed by atoms with Gasteiger partial charge >= 0.3 is 0 Å². The van der Waals surface area contributed by atoms with Gasteiger partial charge in [-0.3, -0.25) is 5.41 Å². The van der Waals surface area contributed by atoms with E-state index in [1.807, 2.05) is 0 Å². The van der Waals surface area contributed by atoms with Crippen molar-refractivity contribution in [2.45, 2.75) is 117 Å². The highest BCUT2D eigenvalue weighted by molar-refractivity contribution is 5.74. The SMILES string of the molecule is CNC1C(O[C@H]2OC(CO)[C@@H](NC(=N)N)CC2O)O[C@H]2CC(N)[C@@H](O[C@H]3CC(O)[C@H](N)CC3N)OC2C1O. The van der Waals surface area contributed by atoms with Crippen LogP contribution < -0.4 is 33.6 Å². The molecule has 9 unspecified atom stereocenters. The lowest BCUT2D eigenvalue weighted by atomic mass is 9.87. The second-order valence-corrected chi connectivity index (χ2v) is 10.6. The number of nitrogens with one attached hydrogen (secondary N) is 3. The Morgan fingerprint density at radius 3 is 2.29 bits per heavy atom. The maximum absolute atomic E-state index is 11.2. The van der Waals surface area contributed by atoms with Crippen LogP contribution in [-0.4, -0.2) is 132 Å². The summed E-state index contributed by atoms with van der Waals surface area (Å²) in [5, 5.41) is 54.7. The van der Waals surface area contributed by atoms with E-state index in [4.69, 9.17) is 52.0 Å². The molecular formula is C22H43N7O9. The Morgan fingerprint density at radius 1 is 0.895 bits per heavy atom. The molecule has 3 aliphatic heterocycles. The first-order chi connectivity index (χ1) is 18.0. The molecule has 0 radical (unpaired) electrons. The van der Waals surface area contributed by atoms with Gasteiger partial charge in [0.25, 0.3) is 0 Å². The minimum absolute atomic E-state index is 0.0942. The summed E-state index contributed by atoms with van der Waals surface area (Å²) in [5.74, 6) is -0.315. The topological polar surface area (TPSA) is 279 Å². The molecular weight excluding hydrogens is 506 g/mol. The molecule has 38 heavy (non-hydrogen) atoms. The van der Waals surface area contributed by atoms with Crippen LogP contribution >= 0.6 is 0 Å². The predicted octanol–water partition coefficient (Wildman–Crippen LogP) is -5.37. The van der Waals surface area contributed by atoms with E-state index in [1.54, 1.807) is 7.05 Å². The molecule has 0 bridgehead atoms. The van der Waals surface area contributed by atoms with Crippen LogP contribution in [0.15, 0.2) is 0 Å². The number of ether oxygens (including phenoxy) is 5. The van der Waals surface area contributed by atoms with E-state index >= 15 is 0 Å². The maximum atomic E-state index is 11.2. The zero-order chi connectivity index (χ0) is 27.7. The van der Waals surface area contributed by atoms with Crippen molar-refractivity contribution in [2.75, 3.05) is 13.7 Å². The van der Waals surface area contributed by atoms with Gasteiger partial charge in [0.05, 0.1) is 43.0 Å². The van der Waals surface area contributed by atoms with Gasteiger partial charge in [0.2, 0.25) is 0 Å². The smallest absolute Gasteiger partial charge is 0.187 e. The summed E-state index contributed by atoms with van der Waals surface area (Å²) in [5.41, 5.74) is 23.8. The Morgan fingerprint density at radius 2 is 1.63 bits per heavy atom. The number of hydrogen-bond donors (Lipinski definition) is 11. The molecule has 220 valence electrons. The summed E-state index contributed by atoms with van der Waals surface area (Å²) in [7, 11) is 1.61. The minimum Gasteiger partial charge on any atom is -0.394 e. The molecule has 1 saturated carbocycles. The number of hydrogen-bond acceptors (Lipinski definition) is 14. The number of guanidine groups is 1. The van der Waals surface area contributed by atoms with E-state index in [9.17, 15) is 20.4 Å². The van der Waals surface area contributed by atoms with Gasteiger partial charge in [-0.1, -0.05) is 0 Å². The second-order valence-electron chi connectivity index (χ2n) is 10.6. The Bertz CT molecular complexity index is 800. The standard InChI is InChI=1S/C22H43N7O9/c1-28-16-17(33)18-14(3-9(25)19(37-18)34-13-5-11(31)7(23)2-8(13)24)35-21(16)38-20-12(32)4-10(29-22(26)27)15(6-30)36-20/h7-21,28,30-33H,2-6,23-25H2,1H3,(H4,26,27,29)/t7-,8?,9?,10+,11?,12?,13+,14+,15?,16?,17?,18?,19+,20-,21?/m1/s1. The van der Waals surface area contributed by atoms with Gasteiger partial charge in [0.1, 0.15) is 24.4 Å². The Balaban J connectivity index is 1.39. The van der Waals surface area contributed by atoms with E-state index in [1.165, 1.54) is 0 Å². The first-order valence-corrected chi connectivity index (χ1v) is 13.0. The maximum Gasteiger partial charge on any atom is 0.187 e. The number of nitrogens with two attached hydrogens (primary N) is 4. The molecule has 4 rings (SSSR count). The molecule has 15 atom stereocenters. The van der Waals surface area contributed by atoms with E-state index in [0.717, 1.165) is 0 Å². The van der Waals surface area contributed by atoms with Crippen molar-refractivity contribution < 1.29 is 44.1 Å². The third kappa shape index (κ3) is 6.38. The number of likely N-dealkylation sites (N-methyl/N-ethyl adjacent to an activating group) is 1. The molecule has 0 aromatic carbocycles. The van der Waals surface area contributed by atoms with E-state index < -0.39 is 98.4 Å². The highest BCUT2D eigenvalue weighted by atomic mass is 16.8. The van der Waals surface area contributed by atoms with Crippen LogP contribution in [0.2, 0.25) is 0 Å². The van der Waals surface area contributed by atoms with Crippen LogP contribution in [0.3, 0.4) is 0 Å². The minimum atomic E-state index is -1.18. The number of fused-ring (bicyclic) bond motifs is 1. The molecule has 1 aliphatic carbocycles. The Labute approximate surface area is 220 Å². The molecule has 16 heteroatoms. The number of aliphatic hydroxyl groups is 4. The van der Waals surface area contributed by atoms with Gasteiger partial charge in [0, 0.05) is 24.9 Å². The second kappa shape index (κ2) is 12.5. The predicted molar refractivity (Wildman–Crippen MR) is 131 cm³/mol. The zero-order valence-electron chi connectivity index (χ0n) is 21.3. The van der Waals surface area contributed by atoms with Crippen molar-refractivity contribution in [3.8, 4) is 0 Å². The number of rotatable bonds is 7. The molecule has 3 saturated heterocycles. The van der Waals surface area contributed by atoms with Crippen LogP contribution in [-0.2, 0) is 23.7 Å². The normalized spacial score (nSPS) is 49.7. The van der Waals surface area contributed by atoms with E-state index in [0.29, 0.717) is 6.42 Å². The summed E-state index contributed by atoms with van der Waals surface area (Å²) in [6.07, 6.45) is -7.88. The monoisotopic (exact) mass is 549 g/mol. The van der Waals surface area contributed by atoms with Crippen LogP contribution in [0, 0.1) is 5.41 Å². The summed E-state index contributed by atoms with van der Waals surface area (Å²) >= 11 is 0. The molecule has 4 fully saturated rings. The average Bonchev–Trinajstić information content (AvgIpc) is 2.84. The Kier molecular flexibility index (Phi) is 9.78. The fourth-order valence-electron chi connectivity index (χ4n) is 5.67. The fraction of sp³-hybridized carbons (Fsp3) is 0.955. The van der Waals surface area contributed by atoms with Crippen LogP contribution in [0.25, 0.3) is 0 Å². The van der Waals surface area contributed by atoms with Crippen molar-refractivity contribution >= 4 is 5.96 Å². The first kappa shape index (κ1) is 29.7. The lowest BCUT2D eigenvalue weighted by Crippen LogP contribution is -2.69. The third-order valence-corrected chi connectivity index (χ3v) is 7.81. The molecule has 15 N–H and O–H groups in total. The summed E-state index contributed by atoms with van der Waals surface area (Å²) < 4.78 is 29.9. The van der Waals surface area contributed by atoms with Crippen LogP contribution in [0.5, 0.6) is 0 Å². The van der Waals surface area contributed by atoms with Crippen molar-refractivity contribution in [2.24, 2.45) is 22.9 Å². The van der Waals surface area contributed by atoms with Gasteiger partial charge in [0.15, 0.2) is 24.8 Å². The van der Waals surface area contributed by atoms with Gasteiger partial charge in [-0.05, 0) is 19.9 Å². The number of aliphatic hydroxyl groups excluding tert-OH is 4. The van der Waals surface area contributed by atoms with Crippen LogP contribution in [0.1, 0.15) is 25.7 Å². The average molecular weight is 550 g/mol. The molecule has 3 heterocycles. The molecule has 4 aliphatic rings. The highest BCUT2D eigenvalue weighted by Crippen LogP contribution is 2.35. The van der Waals surface area contributed by atoms with Crippen molar-refractivity contribution in [1.29, 1.82) is 5.41 Å². The zero-order valence-corrected chi connectivity index (χ0v) is 21.3. The summed E-state index contributed by atoms with van der Waals surface area (Å²) in [4.78, 5) is 0. The first-order valence-electron chi connectivity index (χ1n) is 13.0. The molecule has 0 amide bonds. The lowest BCUT2D eigenvalue weighted by Gasteiger charge is -2.51. The van der Waals surface area contributed by atoms with Crippen molar-refractivity contribution in [3.63, 3.8) is 0 Å². The molecule has 0 spiro atoms. The van der Waals surface area contributed by atoms with Crippen molar-refractivity contribution in [1.82, 2.24) is 10.6 Å². The van der Waals surface area contributed by atoms with Gasteiger partial charge in [-0.15, -0.1) is 0 Å². The van der Waals surface area contributed by atoms with Gasteiger partial charge < -0.3 is 77.7 Å². The van der Waals surface area contributed by atoms with Crippen molar-refractivity contribution in [3.05, 3.63) is 0 Å². The lowest BCUT2D eigenvalue weighted by molar-refractivity contribution is -0.366. The van der Waals surface area contributed by atoms with E-state index in [2.05, 4.69) is 10.6 Å². The Hall–Kier alpha value is -1.25. The van der Waals surface area contributed by atoms with E-state index in [-0.39, 0.29) is 25.2 Å². The fourth-order valence-corrected chi connectivity index (χ4v) is 5.67.